The van der Waals surface area contributed by atoms with Crippen LogP contribution in [0, 0.1) is 6.92 Å². The molecule has 0 aliphatic heterocycles. The van der Waals surface area contributed by atoms with Crippen molar-refractivity contribution in [2.24, 2.45) is 12.8 Å². The molecule has 0 saturated carbocycles. The number of pyridine rings is 1. The van der Waals surface area contributed by atoms with Crippen LogP contribution in [-0.2, 0) is 20.0 Å². The quantitative estimate of drug-likeness (QED) is 0.900. The third kappa shape index (κ3) is 3.57. The Bertz CT molecular complexity index is 573. The second-order valence-corrected chi connectivity index (χ2v) is 5.54. The smallest absolute Gasteiger partial charge is 0.131 e. The lowest BCUT2D eigenvalue weighted by Gasteiger charge is -2.20. The minimum Gasteiger partial charge on any atom is -0.355 e. The molecular formula is C15H23N5. The van der Waals surface area contributed by atoms with Gasteiger partial charge in [-0.05, 0) is 31.4 Å². The number of anilines is 1. The second kappa shape index (κ2) is 6.05. The van der Waals surface area contributed by atoms with Crippen LogP contribution in [0.3, 0.4) is 0 Å². The highest BCUT2D eigenvalue weighted by atomic mass is 15.2. The molecule has 0 spiro atoms. The number of aromatic nitrogens is 3. The molecule has 0 fully saturated rings. The number of nitrogens with two attached hydrogens (primary N) is 1. The van der Waals surface area contributed by atoms with Crippen molar-refractivity contribution in [3.8, 4) is 0 Å². The fraction of sp³-hybridized carbons (Fsp3) is 0.467. The Balaban J connectivity index is 2.11. The molecule has 1 unspecified atom stereocenters. The molecule has 2 N–H and O–H groups in total. The molecule has 0 aliphatic rings. The van der Waals surface area contributed by atoms with Crippen LogP contribution >= 0.6 is 0 Å². The van der Waals surface area contributed by atoms with Gasteiger partial charge in [-0.25, -0.2) is 4.98 Å². The first-order valence-corrected chi connectivity index (χ1v) is 6.85. The molecule has 2 heterocycles. The van der Waals surface area contributed by atoms with Crippen molar-refractivity contribution in [2.75, 3.05) is 11.9 Å². The van der Waals surface area contributed by atoms with Gasteiger partial charge in [-0.1, -0.05) is 6.07 Å². The van der Waals surface area contributed by atoms with Gasteiger partial charge in [0, 0.05) is 44.6 Å². The second-order valence-electron chi connectivity index (χ2n) is 5.54. The summed E-state index contributed by atoms with van der Waals surface area (Å²) >= 11 is 0. The summed E-state index contributed by atoms with van der Waals surface area (Å²) in [6, 6.07) is 2.33. The van der Waals surface area contributed by atoms with E-state index in [-0.39, 0.29) is 6.04 Å². The number of nitrogens with zero attached hydrogens (tertiary/aromatic N) is 4. The van der Waals surface area contributed by atoms with Crippen molar-refractivity contribution >= 4 is 5.82 Å². The van der Waals surface area contributed by atoms with E-state index in [0.717, 1.165) is 18.8 Å². The summed E-state index contributed by atoms with van der Waals surface area (Å²) in [5.41, 5.74) is 9.37. The maximum Gasteiger partial charge on any atom is 0.131 e. The van der Waals surface area contributed by atoms with E-state index in [9.17, 15) is 0 Å². The molecule has 0 bridgehead atoms. The maximum absolute atomic E-state index is 5.83. The molecule has 0 saturated heterocycles. The minimum atomic E-state index is 0.162. The summed E-state index contributed by atoms with van der Waals surface area (Å²) in [5.74, 6) is 1.00. The fourth-order valence-corrected chi connectivity index (χ4v) is 2.41. The average Bonchev–Trinajstić information content (AvgIpc) is 2.73. The van der Waals surface area contributed by atoms with Crippen LogP contribution in [-0.4, -0.2) is 27.9 Å². The normalized spacial score (nSPS) is 12.4. The van der Waals surface area contributed by atoms with Crippen molar-refractivity contribution < 1.29 is 0 Å². The molecular weight excluding hydrogens is 250 g/mol. The molecule has 0 aliphatic carbocycles. The van der Waals surface area contributed by atoms with Crippen LogP contribution in [0.1, 0.15) is 23.6 Å². The summed E-state index contributed by atoms with van der Waals surface area (Å²) in [6.45, 7) is 4.90. The van der Waals surface area contributed by atoms with Gasteiger partial charge in [0.15, 0.2) is 0 Å². The number of rotatable bonds is 5. The molecule has 2 aromatic rings. The zero-order chi connectivity index (χ0) is 14.7. The number of hydrogen-bond acceptors (Lipinski definition) is 4. The largest absolute Gasteiger partial charge is 0.355 e. The lowest BCUT2D eigenvalue weighted by molar-refractivity contribution is 0.734. The first-order chi connectivity index (χ1) is 9.45. The van der Waals surface area contributed by atoms with Crippen molar-refractivity contribution in [3.05, 3.63) is 41.3 Å². The molecule has 0 aromatic carbocycles. The Morgan fingerprint density at radius 1 is 1.35 bits per heavy atom. The van der Waals surface area contributed by atoms with Crippen LogP contribution < -0.4 is 10.6 Å². The Morgan fingerprint density at radius 2 is 2.10 bits per heavy atom. The van der Waals surface area contributed by atoms with Crippen molar-refractivity contribution in [1.82, 2.24) is 14.8 Å². The number of aryl methyl sites for hydroxylation is 2. The predicted molar refractivity (Wildman–Crippen MR) is 81.6 cm³/mol. The zero-order valence-corrected chi connectivity index (χ0v) is 12.7. The molecule has 0 amide bonds. The standard InChI is InChI=1S/C15H23N5/c1-11-5-13(6-12(2)16)7-17-15(11)19(3)9-14-8-18-20(4)10-14/h5,7-8,10,12H,6,9,16H2,1-4H3. The molecule has 20 heavy (non-hydrogen) atoms. The fourth-order valence-electron chi connectivity index (χ4n) is 2.41. The first-order valence-electron chi connectivity index (χ1n) is 6.85. The highest BCUT2D eigenvalue weighted by Gasteiger charge is 2.09. The lowest BCUT2D eigenvalue weighted by Crippen LogP contribution is -2.20. The summed E-state index contributed by atoms with van der Waals surface area (Å²) in [6.07, 6.45) is 6.69. The molecule has 5 nitrogen and oxygen atoms in total. The SMILES string of the molecule is Cc1cc(CC(C)N)cnc1N(C)Cc1cnn(C)c1. The van der Waals surface area contributed by atoms with Gasteiger partial charge >= 0.3 is 0 Å². The van der Waals surface area contributed by atoms with Gasteiger partial charge in [-0.3, -0.25) is 4.68 Å². The van der Waals surface area contributed by atoms with E-state index in [1.54, 1.807) is 0 Å². The van der Waals surface area contributed by atoms with E-state index in [2.05, 4.69) is 28.0 Å². The molecule has 0 radical (unpaired) electrons. The maximum atomic E-state index is 5.83. The molecule has 1 atom stereocenters. The molecule has 2 rings (SSSR count). The van der Waals surface area contributed by atoms with Crippen LogP contribution in [0.25, 0.3) is 0 Å². The van der Waals surface area contributed by atoms with E-state index in [4.69, 9.17) is 5.73 Å². The van der Waals surface area contributed by atoms with Crippen molar-refractivity contribution in [1.29, 1.82) is 0 Å². The first kappa shape index (κ1) is 14.5. The van der Waals surface area contributed by atoms with Crippen molar-refractivity contribution in [3.63, 3.8) is 0 Å². The summed E-state index contributed by atoms with van der Waals surface area (Å²) in [7, 11) is 3.98. The Kier molecular flexibility index (Phi) is 4.39. The van der Waals surface area contributed by atoms with Gasteiger partial charge in [-0.15, -0.1) is 0 Å². The highest BCUT2D eigenvalue weighted by molar-refractivity contribution is 5.47. The average molecular weight is 273 g/mol. The zero-order valence-electron chi connectivity index (χ0n) is 12.7. The van der Waals surface area contributed by atoms with Crippen LogP contribution in [0.5, 0.6) is 0 Å². The Morgan fingerprint density at radius 3 is 2.65 bits per heavy atom. The monoisotopic (exact) mass is 273 g/mol. The Labute approximate surface area is 120 Å². The van der Waals surface area contributed by atoms with Gasteiger partial charge in [0.25, 0.3) is 0 Å². The van der Waals surface area contributed by atoms with Crippen molar-refractivity contribution in [2.45, 2.75) is 32.9 Å². The van der Waals surface area contributed by atoms with Crippen LogP contribution in [0.2, 0.25) is 0 Å². The van der Waals surface area contributed by atoms with E-state index in [1.165, 1.54) is 16.7 Å². The number of hydrogen-bond donors (Lipinski definition) is 1. The topological polar surface area (TPSA) is 60.0 Å². The molecule has 5 heteroatoms. The van der Waals surface area contributed by atoms with E-state index < -0.39 is 0 Å². The molecule has 108 valence electrons. The molecule has 2 aromatic heterocycles. The van der Waals surface area contributed by atoms with Gasteiger partial charge in [0.2, 0.25) is 0 Å². The summed E-state index contributed by atoms with van der Waals surface area (Å²) in [5, 5.41) is 4.19. The van der Waals surface area contributed by atoms with E-state index in [0.29, 0.717) is 0 Å². The van der Waals surface area contributed by atoms with Gasteiger partial charge in [0.05, 0.1) is 6.20 Å². The van der Waals surface area contributed by atoms with E-state index >= 15 is 0 Å². The van der Waals surface area contributed by atoms with E-state index in [1.807, 2.05) is 44.3 Å². The third-order valence-electron chi connectivity index (χ3n) is 3.20. The Hall–Kier alpha value is -1.88. The van der Waals surface area contributed by atoms with Crippen LogP contribution in [0.4, 0.5) is 5.82 Å². The minimum absolute atomic E-state index is 0.162. The predicted octanol–water partition coefficient (Wildman–Crippen LogP) is 1.65. The van der Waals surface area contributed by atoms with Gasteiger partial charge < -0.3 is 10.6 Å². The third-order valence-corrected chi connectivity index (χ3v) is 3.20. The van der Waals surface area contributed by atoms with Gasteiger partial charge in [-0.2, -0.15) is 5.10 Å². The van der Waals surface area contributed by atoms with Crippen LogP contribution in [0.15, 0.2) is 24.7 Å². The van der Waals surface area contributed by atoms with Gasteiger partial charge in [0.1, 0.15) is 5.82 Å². The summed E-state index contributed by atoms with van der Waals surface area (Å²) in [4.78, 5) is 6.72. The summed E-state index contributed by atoms with van der Waals surface area (Å²) < 4.78 is 1.81. The highest BCUT2D eigenvalue weighted by Crippen LogP contribution is 2.19. The lowest BCUT2D eigenvalue weighted by atomic mass is 10.1.